The maximum atomic E-state index is 11.4. The molecule has 0 atom stereocenters. The molecule has 14 heavy (non-hydrogen) atoms. The highest BCUT2D eigenvalue weighted by Gasteiger charge is 2.03. The van der Waals surface area contributed by atoms with Gasteiger partial charge in [-0.25, -0.2) is 0 Å². The van der Waals surface area contributed by atoms with Crippen LogP contribution in [-0.2, 0) is 4.79 Å². The number of amides is 2. The second kappa shape index (κ2) is 5.01. The fraction of sp³-hybridized carbons (Fsp3) is 0.200. The normalized spacial score (nSPS) is 9.43. The molecule has 0 saturated carbocycles. The molecule has 3 N–H and O–H groups in total. The quantitative estimate of drug-likeness (QED) is 0.719. The van der Waals surface area contributed by atoms with Crippen molar-refractivity contribution in [3.63, 3.8) is 0 Å². The van der Waals surface area contributed by atoms with Gasteiger partial charge in [-0.05, 0) is 12.1 Å². The summed E-state index contributed by atoms with van der Waals surface area (Å²) in [5, 5.41) is 2.59. The molecule has 1 aromatic rings. The van der Waals surface area contributed by atoms with E-state index in [9.17, 15) is 9.59 Å². The molecule has 1 rings (SSSR count). The number of hydrogen-bond acceptors (Lipinski definition) is 2. The molecule has 0 radical (unpaired) electrons. The summed E-state index contributed by atoms with van der Waals surface area (Å²) in [5.74, 6) is -0.606. The SMILES string of the molecule is NC(=O)CCNC(=O)c1ccccc1. The van der Waals surface area contributed by atoms with E-state index in [4.69, 9.17) is 5.73 Å². The van der Waals surface area contributed by atoms with Crippen LogP contribution in [0.25, 0.3) is 0 Å². The molecule has 0 unspecified atom stereocenters. The number of nitrogens with one attached hydrogen (secondary N) is 1. The molecule has 0 spiro atoms. The Bertz CT molecular complexity index is 322. The summed E-state index contributed by atoms with van der Waals surface area (Å²) in [7, 11) is 0. The van der Waals surface area contributed by atoms with Crippen LogP contribution < -0.4 is 11.1 Å². The molecule has 4 heteroatoms. The Hall–Kier alpha value is -1.84. The third-order valence-electron chi connectivity index (χ3n) is 1.69. The van der Waals surface area contributed by atoms with E-state index in [0.29, 0.717) is 5.56 Å². The van der Waals surface area contributed by atoms with Gasteiger partial charge in [-0.3, -0.25) is 9.59 Å². The largest absolute Gasteiger partial charge is 0.370 e. The average molecular weight is 192 g/mol. The van der Waals surface area contributed by atoms with Crippen molar-refractivity contribution < 1.29 is 9.59 Å². The smallest absolute Gasteiger partial charge is 0.251 e. The highest BCUT2D eigenvalue weighted by atomic mass is 16.2. The first-order chi connectivity index (χ1) is 6.70. The van der Waals surface area contributed by atoms with Crippen LogP contribution in [0.3, 0.4) is 0 Å². The maximum Gasteiger partial charge on any atom is 0.251 e. The van der Waals surface area contributed by atoms with Crippen LogP contribution >= 0.6 is 0 Å². The van der Waals surface area contributed by atoms with Gasteiger partial charge < -0.3 is 11.1 Å². The molecule has 0 aromatic heterocycles. The van der Waals surface area contributed by atoms with Crippen molar-refractivity contribution in [1.82, 2.24) is 5.32 Å². The van der Waals surface area contributed by atoms with Gasteiger partial charge in [0.15, 0.2) is 0 Å². The number of primary amides is 1. The van der Waals surface area contributed by atoms with Crippen LogP contribution in [0, 0.1) is 0 Å². The number of benzene rings is 1. The molecule has 0 aliphatic rings. The molecule has 0 aliphatic heterocycles. The predicted octanol–water partition coefficient (Wildman–Crippen LogP) is 0.292. The van der Waals surface area contributed by atoms with Crippen LogP contribution in [0.5, 0.6) is 0 Å². The molecule has 1 aromatic carbocycles. The summed E-state index contributed by atoms with van der Waals surface area (Å²) in [6.07, 6.45) is 0.165. The summed E-state index contributed by atoms with van der Waals surface area (Å²) in [4.78, 5) is 21.8. The minimum atomic E-state index is -0.418. The standard InChI is InChI=1S/C10H12N2O2/c11-9(13)6-7-12-10(14)8-4-2-1-3-5-8/h1-5H,6-7H2,(H2,11,13)(H,12,14). The Kier molecular flexibility index (Phi) is 3.67. The van der Waals surface area contributed by atoms with Gasteiger partial charge in [-0.1, -0.05) is 18.2 Å². The fourth-order valence-corrected chi connectivity index (χ4v) is 0.991. The van der Waals surface area contributed by atoms with E-state index in [1.165, 1.54) is 0 Å². The zero-order valence-corrected chi connectivity index (χ0v) is 7.69. The summed E-state index contributed by atoms with van der Waals surface area (Å²) in [6, 6.07) is 8.81. The lowest BCUT2D eigenvalue weighted by molar-refractivity contribution is -0.117. The Balaban J connectivity index is 2.40. The number of nitrogens with two attached hydrogens (primary N) is 1. The van der Waals surface area contributed by atoms with E-state index in [2.05, 4.69) is 5.32 Å². The zero-order chi connectivity index (χ0) is 10.4. The minimum absolute atomic E-state index is 0.165. The summed E-state index contributed by atoms with van der Waals surface area (Å²) in [5.41, 5.74) is 5.51. The predicted molar refractivity (Wildman–Crippen MR) is 52.6 cm³/mol. The molecule has 0 aliphatic carbocycles. The third-order valence-corrected chi connectivity index (χ3v) is 1.69. The number of carbonyl (C=O) groups is 2. The van der Waals surface area contributed by atoms with Gasteiger partial charge >= 0.3 is 0 Å². The second-order valence-electron chi connectivity index (χ2n) is 2.84. The Morgan fingerprint density at radius 1 is 1.21 bits per heavy atom. The van der Waals surface area contributed by atoms with E-state index in [1.54, 1.807) is 24.3 Å². The van der Waals surface area contributed by atoms with Gasteiger partial charge in [0.2, 0.25) is 5.91 Å². The van der Waals surface area contributed by atoms with Gasteiger partial charge in [0.05, 0.1) is 0 Å². The van der Waals surface area contributed by atoms with E-state index in [0.717, 1.165) is 0 Å². The number of rotatable bonds is 4. The molecule has 0 heterocycles. The van der Waals surface area contributed by atoms with Gasteiger partial charge in [0.25, 0.3) is 5.91 Å². The molecular weight excluding hydrogens is 180 g/mol. The van der Waals surface area contributed by atoms with Crippen LogP contribution in [0.2, 0.25) is 0 Å². The molecule has 74 valence electrons. The fourth-order valence-electron chi connectivity index (χ4n) is 0.991. The number of hydrogen-bond donors (Lipinski definition) is 2. The van der Waals surface area contributed by atoms with Crippen molar-refractivity contribution in [1.29, 1.82) is 0 Å². The molecule has 0 bridgehead atoms. The molecule has 4 nitrogen and oxygen atoms in total. The maximum absolute atomic E-state index is 11.4. The summed E-state index contributed by atoms with van der Waals surface area (Å²) in [6.45, 7) is 0.281. The Labute approximate surface area is 82.1 Å². The van der Waals surface area contributed by atoms with Crippen molar-refractivity contribution >= 4 is 11.8 Å². The Morgan fingerprint density at radius 2 is 1.86 bits per heavy atom. The molecule has 2 amide bonds. The Morgan fingerprint density at radius 3 is 2.43 bits per heavy atom. The van der Waals surface area contributed by atoms with Gasteiger partial charge in [0, 0.05) is 18.5 Å². The van der Waals surface area contributed by atoms with E-state index >= 15 is 0 Å². The minimum Gasteiger partial charge on any atom is -0.370 e. The van der Waals surface area contributed by atoms with Crippen molar-refractivity contribution in [2.24, 2.45) is 5.73 Å². The van der Waals surface area contributed by atoms with Gasteiger partial charge in [-0.15, -0.1) is 0 Å². The lowest BCUT2D eigenvalue weighted by Crippen LogP contribution is -2.27. The molecule has 0 saturated heterocycles. The third kappa shape index (κ3) is 3.26. The van der Waals surface area contributed by atoms with Crippen molar-refractivity contribution in [3.8, 4) is 0 Å². The van der Waals surface area contributed by atoms with Gasteiger partial charge in [0.1, 0.15) is 0 Å². The van der Waals surface area contributed by atoms with E-state index < -0.39 is 5.91 Å². The topological polar surface area (TPSA) is 72.2 Å². The van der Waals surface area contributed by atoms with Gasteiger partial charge in [-0.2, -0.15) is 0 Å². The lowest BCUT2D eigenvalue weighted by atomic mass is 10.2. The molecular formula is C10H12N2O2. The lowest BCUT2D eigenvalue weighted by Gasteiger charge is -2.02. The zero-order valence-electron chi connectivity index (χ0n) is 7.69. The van der Waals surface area contributed by atoms with E-state index in [-0.39, 0.29) is 18.9 Å². The summed E-state index contributed by atoms with van der Waals surface area (Å²) < 4.78 is 0. The van der Waals surface area contributed by atoms with Crippen LogP contribution in [0.4, 0.5) is 0 Å². The highest BCUT2D eigenvalue weighted by Crippen LogP contribution is 1.97. The monoisotopic (exact) mass is 192 g/mol. The van der Waals surface area contributed by atoms with Crippen molar-refractivity contribution in [2.75, 3.05) is 6.54 Å². The highest BCUT2D eigenvalue weighted by molar-refractivity contribution is 5.94. The number of carbonyl (C=O) groups excluding carboxylic acids is 2. The van der Waals surface area contributed by atoms with Crippen LogP contribution in [0.1, 0.15) is 16.8 Å². The van der Waals surface area contributed by atoms with E-state index in [1.807, 2.05) is 6.07 Å². The van der Waals surface area contributed by atoms with Crippen LogP contribution in [0.15, 0.2) is 30.3 Å². The first-order valence-electron chi connectivity index (χ1n) is 4.31. The van der Waals surface area contributed by atoms with Crippen molar-refractivity contribution in [2.45, 2.75) is 6.42 Å². The first-order valence-corrected chi connectivity index (χ1v) is 4.31. The van der Waals surface area contributed by atoms with Crippen LogP contribution in [-0.4, -0.2) is 18.4 Å². The van der Waals surface area contributed by atoms with Crippen molar-refractivity contribution in [3.05, 3.63) is 35.9 Å². The summed E-state index contributed by atoms with van der Waals surface area (Å²) >= 11 is 0. The molecule has 0 fully saturated rings. The average Bonchev–Trinajstić information content (AvgIpc) is 2.18. The first kappa shape index (κ1) is 10.2. The second-order valence-corrected chi connectivity index (χ2v) is 2.84.